The summed E-state index contributed by atoms with van der Waals surface area (Å²) in [7, 11) is 5.73. The van der Waals surface area contributed by atoms with Crippen molar-refractivity contribution in [2.45, 2.75) is 0 Å². The van der Waals surface area contributed by atoms with E-state index >= 15 is 0 Å². The van der Waals surface area contributed by atoms with Crippen molar-refractivity contribution in [1.29, 1.82) is 0 Å². The molecule has 0 saturated carbocycles. The Hall–Kier alpha value is -0.200. The first-order chi connectivity index (χ1) is 2.27. The zero-order chi connectivity index (χ0) is 4.28. The standard InChI is InChI=1S/C2H7B2N/c1-5-2(3)4/h3-4H2,1H3. The molecule has 0 saturated heterocycles. The Bertz CT molecular complexity index is 45.6. The average molecular weight is 66.7 g/mol. The molecule has 0 heterocycles. The van der Waals surface area contributed by atoms with Crippen LogP contribution in [0.5, 0.6) is 0 Å². The summed E-state index contributed by atoms with van der Waals surface area (Å²) in [5.41, 5.74) is 1.13. The van der Waals surface area contributed by atoms with Crippen LogP contribution < -0.4 is 0 Å². The molecule has 0 fully saturated rings. The van der Waals surface area contributed by atoms with Crippen molar-refractivity contribution in [3.63, 3.8) is 0 Å². The lowest BCUT2D eigenvalue weighted by atomic mass is 9.83. The lowest BCUT2D eigenvalue weighted by Gasteiger charge is -1.73. The fourth-order valence-corrected chi connectivity index (χ4v) is 0. The maximum Gasteiger partial charge on any atom is 0.144 e. The summed E-state index contributed by atoms with van der Waals surface area (Å²) in [6.45, 7) is 0. The van der Waals surface area contributed by atoms with Crippen molar-refractivity contribution in [3.8, 4) is 0 Å². The second-order valence-electron chi connectivity index (χ2n) is 1.17. The van der Waals surface area contributed by atoms with E-state index in [0.29, 0.717) is 0 Å². The predicted octanol–water partition coefficient (Wildman–Crippen LogP) is -1.76. The molecule has 0 aliphatic rings. The molecule has 0 atom stereocenters. The van der Waals surface area contributed by atoms with Crippen LogP contribution in [0.15, 0.2) is 4.99 Å². The Balaban J connectivity index is 3.14. The van der Waals surface area contributed by atoms with Crippen LogP contribution in [0.4, 0.5) is 0 Å². The maximum atomic E-state index is 3.81. The number of rotatable bonds is 0. The molecule has 0 aromatic carbocycles. The summed E-state index contributed by atoms with van der Waals surface area (Å²) < 4.78 is 0. The molecule has 5 heavy (non-hydrogen) atoms. The number of nitrogens with zero attached hydrogens (tertiary/aromatic N) is 1. The zero-order valence-corrected chi connectivity index (χ0v) is 3.95. The van der Waals surface area contributed by atoms with Crippen LogP contribution in [0.1, 0.15) is 0 Å². The second-order valence-corrected chi connectivity index (χ2v) is 1.17. The van der Waals surface area contributed by atoms with Gasteiger partial charge in [-0.05, 0) is 0 Å². The van der Waals surface area contributed by atoms with Crippen molar-refractivity contribution in [1.82, 2.24) is 0 Å². The summed E-state index contributed by atoms with van der Waals surface area (Å²) in [6.07, 6.45) is 0. The SMILES string of the molecule is BC(B)=NC. The van der Waals surface area contributed by atoms with Gasteiger partial charge >= 0.3 is 0 Å². The van der Waals surface area contributed by atoms with Gasteiger partial charge in [0.05, 0.1) is 0 Å². The van der Waals surface area contributed by atoms with Crippen molar-refractivity contribution in [2.24, 2.45) is 4.99 Å². The van der Waals surface area contributed by atoms with Gasteiger partial charge in [0.2, 0.25) is 0 Å². The molecule has 26 valence electrons. The van der Waals surface area contributed by atoms with Crippen LogP contribution in [0.25, 0.3) is 0 Å². The number of aliphatic imine (C=N–C) groups is 1. The minimum atomic E-state index is 1.13. The molecule has 0 amide bonds. The topological polar surface area (TPSA) is 12.4 Å². The first-order valence-electron chi connectivity index (χ1n) is 1.67. The summed E-state index contributed by atoms with van der Waals surface area (Å²) in [4.78, 5) is 3.81. The van der Waals surface area contributed by atoms with Gasteiger partial charge < -0.3 is 4.99 Å². The molecule has 3 heteroatoms. The smallest absolute Gasteiger partial charge is 0.144 e. The third kappa shape index (κ3) is 3.80. The van der Waals surface area contributed by atoms with E-state index < -0.39 is 0 Å². The Morgan fingerprint density at radius 2 is 1.80 bits per heavy atom. The van der Waals surface area contributed by atoms with E-state index in [0.717, 1.165) is 5.51 Å². The van der Waals surface area contributed by atoms with Gasteiger partial charge in [-0.2, -0.15) is 0 Å². The van der Waals surface area contributed by atoms with E-state index in [1.165, 1.54) is 0 Å². The largest absolute Gasteiger partial charge is 0.318 e. The lowest BCUT2D eigenvalue weighted by molar-refractivity contribution is 1.48. The molecule has 0 unspecified atom stereocenters. The van der Waals surface area contributed by atoms with Crippen molar-refractivity contribution in [2.75, 3.05) is 7.05 Å². The summed E-state index contributed by atoms with van der Waals surface area (Å²) in [6, 6.07) is 0. The van der Waals surface area contributed by atoms with Crippen LogP contribution in [-0.2, 0) is 0 Å². The summed E-state index contributed by atoms with van der Waals surface area (Å²) in [5, 5.41) is 0. The van der Waals surface area contributed by atoms with E-state index in [9.17, 15) is 0 Å². The summed E-state index contributed by atoms with van der Waals surface area (Å²) >= 11 is 0. The fourth-order valence-electron chi connectivity index (χ4n) is 0. The molecular weight excluding hydrogens is 59.7 g/mol. The predicted molar refractivity (Wildman–Crippen MR) is 30.4 cm³/mol. The molecule has 0 spiro atoms. The van der Waals surface area contributed by atoms with Gasteiger partial charge in [0.1, 0.15) is 15.7 Å². The van der Waals surface area contributed by atoms with Gasteiger partial charge in [-0.25, -0.2) is 0 Å². The van der Waals surface area contributed by atoms with Gasteiger partial charge in [0.15, 0.2) is 0 Å². The first-order valence-corrected chi connectivity index (χ1v) is 1.67. The van der Waals surface area contributed by atoms with E-state index in [2.05, 4.69) is 4.99 Å². The average Bonchev–Trinajstić information content (AvgIpc) is 1.38. The lowest BCUT2D eigenvalue weighted by Crippen LogP contribution is -1.91. The number of hydrogen-bond donors (Lipinski definition) is 0. The highest BCUT2D eigenvalue weighted by atomic mass is 14.6. The number of hydrogen-bond acceptors (Lipinski definition) is 1. The van der Waals surface area contributed by atoms with Gasteiger partial charge in [0.25, 0.3) is 0 Å². The van der Waals surface area contributed by atoms with Crippen LogP contribution in [0.2, 0.25) is 0 Å². The minimum Gasteiger partial charge on any atom is -0.318 e. The highest BCUT2D eigenvalue weighted by molar-refractivity contribution is 6.89. The van der Waals surface area contributed by atoms with E-state index in [1.54, 1.807) is 7.05 Å². The summed E-state index contributed by atoms with van der Waals surface area (Å²) in [5.74, 6) is 0. The van der Waals surface area contributed by atoms with Gasteiger partial charge in [-0.3, -0.25) is 0 Å². The van der Waals surface area contributed by atoms with Gasteiger partial charge in [-0.15, -0.1) is 0 Å². The van der Waals surface area contributed by atoms with E-state index in [-0.39, 0.29) is 0 Å². The molecule has 0 aromatic rings. The van der Waals surface area contributed by atoms with Crippen molar-refractivity contribution >= 4 is 21.2 Å². The van der Waals surface area contributed by atoms with Crippen molar-refractivity contribution in [3.05, 3.63) is 0 Å². The van der Waals surface area contributed by atoms with Crippen LogP contribution in [0, 0.1) is 0 Å². The Labute approximate surface area is 34.3 Å². The molecule has 0 radical (unpaired) electrons. The Kier molecular flexibility index (Phi) is 1.98. The fraction of sp³-hybridized carbons (Fsp3) is 0.500. The molecule has 0 aromatic heterocycles. The van der Waals surface area contributed by atoms with Gasteiger partial charge in [-0.1, -0.05) is 5.51 Å². The van der Waals surface area contributed by atoms with Gasteiger partial charge in [0, 0.05) is 7.05 Å². The van der Waals surface area contributed by atoms with Crippen molar-refractivity contribution < 1.29 is 0 Å². The Morgan fingerprint density at radius 1 is 1.60 bits per heavy atom. The quantitative estimate of drug-likeness (QED) is 0.235. The third-order valence-electron chi connectivity index (χ3n) is 0.447. The second kappa shape index (κ2) is 2.06. The van der Waals surface area contributed by atoms with E-state index in [1.807, 2.05) is 15.7 Å². The first kappa shape index (κ1) is 4.80. The molecule has 0 N–H and O–H groups in total. The monoisotopic (exact) mass is 67.1 g/mol. The molecule has 0 rings (SSSR count). The third-order valence-corrected chi connectivity index (χ3v) is 0.447. The molecule has 0 aliphatic carbocycles. The highest BCUT2D eigenvalue weighted by Gasteiger charge is 1.64. The van der Waals surface area contributed by atoms with E-state index in [4.69, 9.17) is 0 Å². The molecule has 0 bridgehead atoms. The molecule has 0 aliphatic heterocycles. The molecule has 1 nitrogen and oxygen atoms in total. The van der Waals surface area contributed by atoms with Crippen LogP contribution >= 0.6 is 0 Å². The van der Waals surface area contributed by atoms with Crippen LogP contribution in [0.3, 0.4) is 0 Å². The Morgan fingerprint density at radius 3 is 1.80 bits per heavy atom. The van der Waals surface area contributed by atoms with Crippen LogP contribution in [-0.4, -0.2) is 28.3 Å². The maximum absolute atomic E-state index is 3.81. The highest BCUT2D eigenvalue weighted by Crippen LogP contribution is 1.49. The zero-order valence-electron chi connectivity index (χ0n) is 3.95. The normalized spacial score (nSPS) is 6.60. The minimum absolute atomic E-state index is 1.13. The molecular formula is C2H7B2N.